The normalized spacial score (nSPS) is 11.2. The zero-order valence-electron chi connectivity index (χ0n) is 13.0. The van der Waals surface area contributed by atoms with Crippen LogP contribution in [-0.4, -0.2) is 17.6 Å². The molecule has 0 fully saturated rings. The van der Waals surface area contributed by atoms with Crippen LogP contribution >= 0.6 is 11.8 Å². The second-order valence-corrected chi connectivity index (χ2v) is 6.19. The summed E-state index contributed by atoms with van der Waals surface area (Å²) in [7, 11) is 0. The molecule has 3 N–H and O–H groups in total. The van der Waals surface area contributed by atoms with E-state index >= 15 is 0 Å². The number of rotatable bonds is 6. The van der Waals surface area contributed by atoms with Crippen LogP contribution in [0.25, 0.3) is 0 Å². The number of halogens is 3. The van der Waals surface area contributed by atoms with E-state index in [2.05, 4.69) is 5.32 Å². The first-order chi connectivity index (χ1) is 11.8. The minimum atomic E-state index is -4.45. The summed E-state index contributed by atoms with van der Waals surface area (Å²) in [5.41, 5.74) is 5.04. The van der Waals surface area contributed by atoms with Gasteiger partial charge in [-0.25, -0.2) is 0 Å². The monoisotopic (exact) mass is 368 g/mol. The molecular weight excluding hydrogens is 353 g/mol. The average molecular weight is 368 g/mol. The van der Waals surface area contributed by atoms with Crippen LogP contribution in [0.5, 0.6) is 0 Å². The lowest BCUT2D eigenvalue weighted by atomic mass is 10.1. The maximum absolute atomic E-state index is 12.7. The lowest BCUT2D eigenvalue weighted by Gasteiger charge is -2.11. The number of carbonyl (C=O) groups is 2. The maximum atomic E-state index is 12.7. The first kappa shape index (κ1) is 18.9. The molecule has 25 heavy (non-hydrogen) atoms. The Labute approximate surface area is 146 Å². The molecule has 0 atom stereocenters. The van der Waals surface area contributed by atoms with Gasteiger partial charge in [0.25, 0.3) is 0 Å². The van der Waals surface area contributed by atoms with Crippen molar-refractivity contribution in [2.75, 3.05) is 11.1 Å². The molecule has 8 heteroatoms. The Morgan fingerprint density at radius 1 is 1.08 bits per heavy atom. The quantitative estimate of drug-likeness (QED) is 0.767. The lowest BCUT2D eigenvalue weighted by molar-refractivity contribution is -0.137. The molecule has 2 aromatic rings. The predicted octanol–water partition coefficient (Wildman–Crippen LogP) is 3.46. The van der Waals surface area contributed by atoms with E-state index in [0.29, 0.717) is 10.6 Å². The molecule has 0 aromatic heterocycles. The van der Waals surface area contributed by atoms with Gasteiger partial charge in [-0.2, -0.15) is 13.2 Å². The van der Waals surface area contributed by atoms with Gasteiger partial charge in [-0.15, -0.1) is 11.8 Å². The zero-order valence-corrected chi connectivity index (χ0v) is 13.8. The summed E-state index contributed by atoms with van der Waals surface area (Å²) in [5.74, 6) is -0.887. The van der Waals surface area contributed by atoms with Crippen LogP contribution in [0, 0.1) is 0 Å². The second-order valence-electron chi connectivity index (χ2n) is 5.17. The first-order valence-electron chi connectivity index (χ1n) is 7.22. The molecule has 0 saturated heterocycles. The summed E-state index contributed by atoms with van der Waals surface area (Å²) < 4.78 is 38.1. The third kappa shape index (κ3) is 5.82. The second kappa shape index (κ2) is 8.06. The molecule has 2 rings (SSSR count). The van der Waals surface area contributed by atoms with Crippen molar-refractivity contribution in [3.05, 3.63) is 59.7 Å². The van der Waals surface area contributed by atoms with Gasteiger partial charge in [-0.3, -0.25) is 9.59 Å². The van der Waals surface area contributed by atoms with Crippen LogP contribution < -0.4 is 11.1 Å². The number of amides is 2. The lowest BCUT2D eigenvalue weighted by Crippen LogP contribution is -2.16. The van der Waals surface area contributed by atoms with Crippen molar-refractivity contribution in [2.24, 2.45) is 5.73 Å². The highest BCUT2D eigenvalue weighted by atomic mass is 32.2. The Balaban J connectivity index is 2.07. The van der Waals surface area contributed by atoms with Crippen molar-refractivity contribution >= 4 is 29.3 Å². The first-order valence-corrected chi connectivity index (χ1v) is 8.20. The van der Waals surface area contributed by atoms with Crippen molar-refractivity contribution in [3.8, 4) is 0 Å². The number of nitrogens with two attached hydrogens (primary N) is 1. The molecule has 4 nitrogen and oxygen atoms in total. The molecule has 0 unspecified atom stereocenters. The Morgan fingerprint density at radius 2 is 1.80 bits per heavy atom. The number of para-hydroxylation sites is 1. The van der Waals surface area contributed by atoms with Gasteiger partial charge >= 0.3 is 6.18 Å². The molecular formula is C17H15F3N2O2S. The van der Waals surface area contributed by atoms with Crippen molar-refractivity contribution in [2.45, 2.75) is 17.5 Å². The third-order valence-electron chi connectivity index (χ3n) is 3.15. The fourth-order valence-electron chi connectivity index (χ4n) is 2.08. The highest BCUT2D eigenvalue weighted by Gasteiger charge is 2.30. The molecule has 2 aromatic carbocycles. The summed E-state index contributed by atoms with van der Waals surface area (Å²) in [6.45, 7) is 0. The van der Waals surface area contributed by atoms with Gasteiger partial charge in [0.05, 0.1) is 23.4 Å². The Hall–Kier alpha value is -2.48. The van der Waals surface area contributed by atoms with Crippen LogP contribution in [0.15, 0.2) is 53.4 Å². The SMILES string of the molecule is NC(=O)CSc1ccccc1NC(=O)Cc1cccc(C(F)(F)F)c1. The van der Waals surface area contributed by atoms with E-state index in [-0.39, 0.29) is 17.7 Å². The summed E-state index contributed by atoms with van der Waals surface area (Å²) in [4.78, 5) is 23.7. The van der Waals surface area contributed by atoms with Crippen LogP contribution in [0.4, 0.5) is 18.9 Å². The molecule has 0 aliphatic carbocycles. The van der Waals surface area contributed by atoms with Crippen molar-refractivity contribution in [1.82, 2.24) is 0 Å². The van der Waals surface area contributed by atoms with Gasteiger partial charge in [0.15, 0.2) is 0 Å². The van der Waals surface area contributed by atoms with Gasteiger partial charge in [0, 0.05) is 4.90 Å². The van der Waals surface area contributed by atoms with Gasteiger partial charge in [-0.05, 0) is 23.8 Å². The van der Waals surface area contributed by atoms with Crippen molar-refractivity contribution in [1.29, 1.82) is 0 Å². The fraction of sp³-hybridized carbons (Fsp3) is 0.176. The third-order valence-corrected chi connectivity index (χ3v) is 4.25. The number of carbonyl (C=O) groups excluding carboxylic acids is 2. The highest BCUT2D eigenvalue weighted by molar-refractivity contribution is 8.00. The summed E-state index contributed by atoms with van der Waals surface area (Å²) in [6.07, 6.45) is -4.65. The number of alkyl halides is 3. The Kier molecular flexibility index (Phi) is 6.08. The van der Waals surface area contributed by atoms with Gasteiger partial charge < -0.3 is 11.1 Å². The van der Waals surface area contributed by atoms with Crippen LogP contribution in [0.1, 0.15) is 11.1 Å². The van der Waals surface area contributed by atoms with Crippen molar-refractivity contribution < 1.29 is 22.8 Å². The number of benzene rings is 2. The fourth-order valence-corrected chi connectivity index (χ4v) is 2.83. The van der Waals surface area contributed by atoms with Crippen LogP contribution in [0.3, 0.4) is 0 Å². The standard InChI is InChI=1S/C17H15F3N2O2S/c18-17(19,20)12-5-3-4-11(8-12)9-16(24)22-13-6-1-2-7-14(13)25-10-15(21)23/h1-8H,9-10H2,(H2,21,23)(H,22,24). The minimum absolute atomic E-state index is 0.0561. The van der Waals surface area contributed by atoms with Crippen LogP contribution in [-0.2, 0) is 22.2 Å². The van der Waals surface area contributed by atoms with E-state index in [9.17, 15) is 22.8 Å². The van der Waals surface area contributed by atoms with Gasteiger partial charge in [0.1, 0.15) is 0 Å². The zero-order chi connectivity index (χ0) is 18.4. The van der Waals surface area contributed by atoms with Crippen molar-refractivity contribution in [3.63, 3.8) is 0 Å². The molecule has 0 aliphatic rings. The summed E-state index contributed by atoms with van der Waals surface area (Å²) in [6, 6.07) is 11.4. The van der Waals surface area contributed by atoms with Gasteiger partial charge in [-0.1, -0.05) is 30.3 Å². The molecule has 2 amide bonds. The number of primary amides is 1. The van der Waals surface area contributed by atoms with E-state index in [1.54, 1.807) is 24.3 Å². The van der Waals surface area contributed by atoms with Crippen LogP contribution in [0.2, 0.25) is 0 Å². The molecule has 0 saturated carbocycles. The summed E-state index contributed by atoms with van der Waals surface area (Å²) >= 11 is 1.17. The molecule has 0 heterocycles. The molecule has 0 radical (unpaired) electrons. The number of anilines is 1. The molecule has 0 bridgehead atoms. The number of thioether (sulfide) groups is 1. The molecule has 0 aliphatic heterocycles. The smallest absolute Gasteiger partial charge is 0.369 e. The van der Waals surface area contributed by atoms with Gasteiger partial charge in [0.2, 0.25) is 11.8 Å². The topological polar surface area (TPSA) is 72.2 Å². The summed E-state index contributed by atoms with van der Waals surface area (Å²) in [5, 5.41) is 2.65. The van der Waals surface area contributed by atoms with E-state index < -0.39 is 23.6 Å². The maximum Gasteiger partial charge on any atom is 0.416 e. The highest BCUT2D eigenvalue weighted by Crippen LogP contribution is 2.30. The Morgan fingerprint density at radius 3 is 2.48 bits per heavy atom. The predicted molar refractivity (Wildman–Crippen MR) is 90.1 cm³/mol. The molecule has 0 spiro atoms. The number of nitrogens with one attached hydrogen (secondary N) is 1. The average Bonchev–Trinajstić information content (AvgIpc) is 2.53. The largest absolute Gasteiger partial charge is 0.416 e. The minimum Gasteiger partial charge on any atom is -0.369 e. The molecule has 132 valence electrons. The Bertz CT molecular complexity index is 778. The van der Waals surface area contributed by atoms with E-state index in [1.165, 1.54) is 23.9 Å². The number of hydrogen-bond donors (Lipinski definition) is 2. The number of hydrogen-bond acceptors (Lipinski definition) is 3. The van der Waals surface area contributed by atoms with E-state index in [0.717, 1.165) is 12.1 Å². The van der Waals surface area contributed by atoms with E-state index in [4.69, 9.17) is 5.73 Å². The van der Waals surface area contributed by atoms with E-state index in [1.807, 2.05) is 0 Å².